The van der Waals surface area contributed by atoms with Gasteiger partial charge in [-0.15, -0.1) is 0 Å². The van der Waals surface area contributed by atoms with Crippen molar-refractivity contribution in [3.05, 3.63) is 30.1 Å². The Morgan fingerprint density at radius 3 is 1.32 bits per heavy atom. The van der Waals surface area contributed by atoms with Crippen molar-refractivity contribution in [1.29, 1.82) is 0 Å². The van der Waals surface area contributed by atoms with Crippen LogP contribution in [-0.2, 0) is 6.54 Å². The van der Waals surface area contributed by atoms with Gasteiger partial charge in [0.2, 0.25) is 0 Å². The minimum atomic E-state index is -10.7. The molecule has 1 heterocycles. The third-order valence-corrected chi connectivity index (χ3v) is 4.33. The fraction of sp³-hybridized carbons (Fsp3) is 0.750. The number of pyridine rings is 1. The molecule has 0 saturated carbocycles. The topological polar surface area (TPSA) is 3.88 Å². The average molecular weight is 435 g/mol. The molecular weight excluding hydrogens is 399 g/mol. The third-order valence-electron chi connectivity index (χ3n) is 4.33. The number of unbranched alkanes of at least 4 members (excludes halogenated alkanes) is 11. The van der Waals surface area contributed by atoms with Gasteiger partial charge in [-0.2, -0.15) is 0 Å². The van der Waals surface area contributed by atoms with Gasteiger partial charge in [-0.3, -0.25) is 0 Å². The van der Waals surface area contributed by atoms with Gasteiger partial charge in [-0.1, -0.05) is 71.1 Å². The normalized spacial score (nSPS) is 14.0. The summed E-state index contributed by atoms with van der Waals surface area (Å²) in [7, 11) is -10.7. The van der Waals surface area contributed by atoms with Crippen LogP contribution in [-0.4, -0.2) is 0 Å². The van der Waals surface area contributed by atoms with Crippen molar-refractivity contribution in [2.75, 3.05) is 0 Å². The fourth-order valence-electron chi connectivity index (χ4n) is 2.82. The van der Waals surface area contributed by atoms with E-state index >= 15 is 0 Å². The van der Waals surface area contributed by atoms with Crippen molar-refractivity contribution in [3.8, 4) is 0 Å². The number of hydrogen-bond donors (Lipinski definition) is 0. The van der Waals surface area contributed by atoms with E-state index in [0.29, 0.717) is 0 Å². The Labute approximate surface area is 165 Å². The molecule has 1 aromatic heterocycles. The Morgan fingerprint density at radius 1 is 0.643 bits per heavy atom. The van der Waals surface area contributed by atoms with Gasteiger partial charge < -0.3 is 0 Å². The average Bonchev–Trinajstić information content (AvgIpc) is 2.55. The summed E-state index contributed by atoms with van der Waals surface area (Å²) in [6.07, 6.45) is 21.5. The zero-order chi connectivity index (χ0) is 21.6. The molecule has 0 unspecified atom stereocenters. The fourth-order valence-corrected chi connectivity index (χ4v) is 2.82. The van der Waals surface area contributed by atoms with E-state index in [4.69, 9.17) is 0 Å². The predicted molar refractivity (Wildman–Crippen MR) is 106 cm³/mol. The van der Waals surface area contributed by atoms with Crippen LogP contribution in [0.15, 0.2) is 24.5 Å². The summed E-state index contributed by atoms with van der Waals surface area (Å²) in [4.78, 5) is 0. The second-order valence-electron chi connectivity index (χ2n) is 7.46. The molecule has 0 saturated heterocycles. The number of aromatic nitrogens is 1. The monoisotopic (exact) mass is 435 g/mol. The van der Waals surface area contributed by atoms with Crippen LogP contribution in [0.25, 0.3) is 0 Å². The summed E-state index contributed by atoms with van der Waals surface area (Å²) in [5, 5.41) is 0. The molecule has 0 bridgehead atoms. The molecule has 1 rings (SSSR count). The van der Waals surface area contributed by atoms with Crippen LogP contribution in [0.3, 0.4) is 0 Å². The van der Waals surface area contributed by atoms with E-state index in [1.165, 1.54) is 89.2 Å². The maximum atomic E-state index is 9.87. The van der Waals surface area contributed by atoms with E-state index in [1.807, 2.05) is 0 Å². The molecule has 0 spiro atoms. The quantitative estimate of drug-likeness (QED) is 0.126. The van der Waals surface area contributed by atoms with Crippen LogP contribution < -0.4 is 4.57 Å². The van der Waals surface area contributed by atoms with Crippen LogP contribution in [0, 0.1) is 6.92 Å². The molecule has 1 nitrogen and oxygen atoms in total. The standard InChI is InChI=1S/C20H36N.F6P/c1-3-4-5-6-7-8-9-10-11-12-13-14-17-21-18-15-20(2)16-19-21;1-7(2,3,4,5)6/h15-16,18-19H,3-14,17H2,1-2H3;/q+1;-1. The summed E-state index contributed by atoms with van der Waals surface area (Å²) < 4.78 is 61.5. The first-order chi connectivity index (χ1) is 12.8. The van der Waals surface area contributed by atoms with Gasteiger partial charge in [0.15, 0.2) is 12.4 Å². The second kappa shape index (κ2) is 12.0. The van der Waals surface area contributed by atoms with Crippen LogP contribution in [0.2, 0.25) is 0 Å². The van der Waals surface area contributed by atoms with Crippen molar-refractivity contribution in [2.45, 2.75) is 97.4 Å². The molecule has 8 heteroatoms. The molecule has 1 aromatic rings. The molecular formula is C20H36F6NP. The van der Waals surface area contributed by atoms with Gasteiger partial charge in [0.25, 0.3) is 0 Å². The van der Waals surface area contributed by atoms with Crippen molar-refractivity contribution in [2.24, 2.45) is 0 Å². The second-order valence-corrected chi connectivity index (χ2v) is 9.38. The van der Waals surface area contributed by atoms with Gasteiger partial charge in [-0.25, -0.2) is 4.57 Å². The Morgan fingerprint density at radius 2 is 0.964 bits per heavy atom. The SMILES string of the molecule is CCCCCCCCCCCCCC[n+]1ccc(C)cc1.F[P-](F)(F)(F)(F)F. The van der Waals surface area contributed by atoms with Crippen LogP contribution >= 0.6 is 7.81 Å². The van der Waals surface area contributed by atoms with Gasteiger partial charge in [0.05, 0.1) is 0 Å². The minimum absolute atomic E-state index is 1.18. The molecule has 0 amide bonds. The van der Waals surface area contributed by atoms with Crippen molar-refractivity contribution in [1.82, 2.24) is 0 Å². The predicted octanol–water partition coefficient (Wildman–Crippen LogP) is 9.37. The van der Waals surface area contributed by atoms with Gasteiger partial charge in [0.1, 0.15) is 6.54 Å². The Hall–Kier alpha value is -0.840. The maximum absolute atomic E-state index is 10.7. The van der Waals surface area contributed by atoms with E-state index in [-0.39, 0.29) is 0 Å². The first-order valence-electron chi connectivity index (χ1n) is 10.3. The molecule has 0 aliphatic rings. The van der Waals surface area contributed by atoms with Crippen molar-refractivity contribution < 1.29 is 29.7 Å². The summed E-state index contributed by atoms with van der Waals surface area (Å²) in [5.41, 5.74) is 1.35. The molecule has 0 radical (unpaired) electrons. The zero-order valence-electron chi connectivity index (χ0n) is 17.2. The van der Waals surface area contributed by atoms with E-state index in [0.717, 1.165) is 0 Å². The number of aryl methyl sites for hydroxylation is 2. The van der Waals surface area contributed by atoms with Crippen molar-refractivity contribution in [3.63, 3.8) is 0 Å². The van der Waals surface area contributed by atoms with Gasteiger partial charge in [0, 0.05) is 18.6 Å². The molecule has 0 aliphatic carbocycles. The molecule has 168 valence electrons. The van der Waals surface area contributed by atoms with E-state index < -0.39 is 7.81 Å². The number of rotatable bonds is 13. The molecule has 0 aliphatic heterocycles. The summed E-state index contributed by atoms with van der Waals surface area (Å²) in [6.45, 7) is 5.61. The Kier molecular flexibility index (Phi) is 11.6. The van der Waals surface area contributed by atoms with E-state index in [9.17, 15) is 25.2 Å². The first kappa shape index (κ1) is 27.2. The molecule has 0 N–H and O–H groups in total. The van der Waals surface area contributed by atoms with E-state index in [2.05, 4.69) is 42.9 Å². The number of hydrogen-bond acceptors (Lipinski definition) is 0. The number of halogens is 6. The summed E-state index contributed by atoms with van der Waals surface area (Å²) in [6, 6.07) is 4.39. The Balaban J connectivity index is 0.000000887. The Bertz CT molecular complexity index is 502. The molecule has 28 heavy (non-hydrogen) atoms. The first-order valence-corrected chi connectivity index (χ1v) is 12.3. The van der Waals surface area contributed by atoms with Gasteiger partial charge >= 0.3 is 33.0 Å². The van der Waals surface area contributed by atoms with Crippen LogP contribution in [0.4, 0.5) is 25.2 Å². The summed E-state index contributed by atoms with van der Waals surface area (Å²) >= 11 is 0. The summed E-state index contributed by atoms with van der Waals surface area (Å²) in [5.74, 6) is 0. The number of nitrogens with zero attached hydrogens (tertiary/aromatic N) is 1. The third kappa shape index (κ3) is 27.4. The van der Waals surface area contributed by atoms with E-state index in [1.54, 1.807) is 0 Å². The van der Waals surface area contributed by atoms with Crippen LogP contribution in [0.5, 0.6) is 0 Å². The zero-order valence-corrected chi connectivity index (χ0v) is 18.1. The van der Waals surface area contributed by atoms with Crippen molar-refractivity contribution >= 4 is 7.81 Å². The molecule has 0 fully saturated rings. The van der Waals surface area contributed by atoms with Gasteiger partial charge in [-0.05, 0) is 18.9 Å². The van der Waals surface area contributed by atoms with Crippen LogP contribution in [0.1, 0.15) is 89.5 Å². The molecule has 0 atom stereocenters. The molecule has 0 aromatic carbocycles.